The van der Waals surface area contributed by atoms with Crippen molar-refractivity contribution in [2.75, 3.05) is 5.32 Å². The van der Waals surface area contributed by atoms with Gasteiger partial charge in [-0.15, -0.1) is 0 Å². The molecule has 1 aromatic rings. The molecule has 0 atom stereocenters. The van der Waals surface area contributed by atoms with Crippen molar-refractivity contribution in [2.45, 2.75) is 13.3 Å². The summed E-state index contributed by atoms with van der Waals surface area (Å²) in [5.41, 5.74) is -1.30. The minimum absolute atomic E-state index is 0.419. The van der Waals surface area contributed by atoms with Gasteiger partial charge < -0.3 is 10.4 Å². The number of aliphatic carboxylic acids is 1. The third kappa shape index (κ3) is 3.26. The van der Waals surface area contributed by atoms with Crippen LogP contribution in [0, 0.1) is 0 Å². The van der Waals surface area contributed by atoms with Gasteiger partial charge in [0.2, 0.25) is 5.91 Å². The van der Waals surface area contributed by atoms with Gasteiger partial charge in [-0.2, -0.15) is 0 Å². The van der Waals surface area contributed by atoms with Crippen LogP contribution in [0.2, 0.25) is 0 Å². The van der Waals surface area contributed by atoms with Gasteiger partial charge in [0.25, 0.3) is 0 Å². The summed E-state index contributed by atoms with van der Waals surface area (Å²) in [5, 5.41) is 10.9. The first kappa shape index (κ1) is 4.59. The maximum absolute atomic E-state index is 11.0. The number of nitrogens with one attached hydrogen (secondary N) is 1. The molecule has 0 radical (unpaired) electrons. The molecule has 0 fully saturated rings. The molecule has 0 saturated carbocycles. The van der Waals surface area contributed by atoms with E-state index in [0.717, 1.165) is 6.92 Å². The van der Waals surface area contributed by atoms with Crippen LogP contribution in [0.1, 0.15) is 20.7 Å². The predicted molar refractivity (Wildman–Crippen MR) is 52.1 cm³/mol. The quantitative estimate of drug-likeness (QED) is 0.770. The molecule has 0 aromatic heterocycles. The second kappa shape index (κ2) is 4.41. The lowest BCUT2D eigenvalue weighted by Crippen LogP contribution is -2.06. The average molecular weight is 199 g/mol. The van der Waals surface area contributed by atoms with Crippen LogP contribution in [-0.2, 0) is 16.0 Å². The van der Waals surface area contributed by atoms with Crippen molar-refractivity contribution in [1.29, 1.82) is 0 Å². The topological polar surface area (TPSA) is 66.4 Å². The fourth-order valence-electron chi connectivity index (χ4n) is 0.720. The van der Waals surface area contributed by atoms with Gasteiger partial charge in [0.1, 0.15) is 0 Å². The van der Waals surface area contributed by atoms with E-state index >= 15 is 0 Å². The van der Waals surface area contributed by atoms with Crippen LogP contribution in [-0.4, -0.2) is 17.0 Å². The summed E-state index contributed by atoms with van der Waals surface area (Å²) in [4.78, 5) is 21.8. The molecule has 0 saturated heterocycles. The average Bonchev–Trinajstić information content (AvgIpc) is 2.31. The van der Waals surface area contributed by atoms with Crippen molar-refractivity contribution in [3.05, 3.63) is 29.7 Å². The third-order valence-electron chi connectivity index (χ3n) is 1.16. The van der Waals surface area contributed by atoms with Gasteiger partial charge in [0.15, 0.2) is 0 Å². The van der Waals surface area contributed by atoms with Crippen molar-refractivity contribution in [3.63, 3.8) is 0 Å². The van der Waals surface area contributed by atoms with Gasteiger partial charge in [0, 0.05) is 15.4 Å². The summed E-state index contributed by atoms with van der Waals surface area (Å²) in [6.07, 6.45) is -3.07. The van der Waals surface area contributed by atoms with Gasteiger partial charge in [0.05, 0.1) is 11.9 Å². The van der Waals surface area contributed by atoms with E-state index in [4.69, 9.17) is 13.3 Å². The normalized spacial score (nSPS) is 16.6. The molecule has 0 bridgehead atoms. The Hall–Kier alpha value is -1.84. The summed E-state index contributed by atoms with van der Waals surface area (Å²) >= 11 is 0. The number of carbonyl (C=O) groups is 2. The van der Waals surface area contributed by atoms with E-state index in [1.165, 1.54) is 0 Å². The standard InChI is InChI=1S/C10H11NO3/c1-7(12)11-9-4-2-8(3-5-9)6-10(13)14/h2-5H,6H2,1H3,(H,11,12)(H,13,14)/i2D,3D,4D,5D,6D2. The van der Waals surface area contributed by atoms with E-state index in [-0.39, 0.29) is 0 Å². The molecule has 14 heavy (non-hydrogen) atoms. The largest absolute Gasteiger partial charge is 0.481 e. The monoisotopic (exact) mass is 199 g/mol. The lowest BCUT2D eigenvalue weighted by molar-refractivity contribution is -0.136. The van der Waals surface area contributed by atoms with Crippen LogP contribution in [0.15, 0.2) is 24.2 Å². The van der Waals surface area contributed by atoms with Crippen molar-refractivity contribution in [2.24, 2.45) is 0 Å². The van der Waals surface area contributed by atoms with Crippen LogP contribution in [0.4, 0.5) is 5.69 Å². The highest BCUT2D eigenvalue weighted by molar-refractivity contribution is 5.88. The molecule has 0 aliphatic heterocycles. The minimum atomic E-state index is -3.07. The van der Waals surface area contributed by atoms with Crippen LogP contribution >= 0.6 is 0 Å². The highest BCUT2D eigenvalue weighted by Crippen LogP contribution is 2.09. The Kier molecular flexibility index (Phi) is 1.45. The lowest BCUT2D eigenvalue weighted by atomic mass is 10.1. The molecular weight excluding hydrogens is 182 g/mol. The maximum atomic E-state index is 11.0. The van der Waals surface area contributed by atoms with E-state index in [1.54, 1.807) is 0 Å². The van der Waals surface area contributed by atoms with Gasteiger partial charge >= 0.3 is 5.97 Å². The first-order valence-electron chi connectivity index (χ1n) is 6.63. The molecule has 0 aliphatic rings. The van der Waals surface area contributed by atoms with Gasteiger partial charge in [-0.1, -0.05) is 12.1 Å². The molecule has 1 aromatic carbocycles. The minimum Gasteiger partial charge on any atom is -0.481 e. The number of hydrogen-bond donors (Lipinski definition) is 2. The summed E-state index contributed by atoms with van der Waals surface area (Å²) < 4.78 is 45.3. The molecule has 0 aliphatic carbocycles. The van der Waals surface area contributed by atoms with Crippen molar-refractivity contribution < 1.29 is 22.9 Å². The fourth-order valence-corrected chi connectivity index (χ4v) is 0.720. The zero-order valence-corrected chi connectivity index (χ0v) is 7.26. The van der Waals surface area contributed by atoms with Crippen LogP contribution in [0.25, 0.3) is 0 Å². The fraction of sp³-hybridized carbons (Fsp3) is 0.200. The Bertz CT molecular complexity index is 572. The van der Waals surface area contributed by atoms with E-state index < -0.39 is 53.7 Å². The van der Waals surface area contributed by atoms with Gasteiger partial charge in [-0.3, -0.25) is 9.59 Å². The molecule has 0 unspecified atom stereocenters. The zero-order chi connectivity index (χ0) is 15.8. The summed E-state index contributed by atoms with van der Waals surface area (Å²) in [5.74, 6) is -2.55. The van der Waals surface area contributed by atoms with Gasteiger partial charge in [-0.25, -0.2) is 0 Å². The van der Waals surface area contributed by atoms with Gasteiger partial charge in [-0.05, 0) is 17.6 Å². The number of rotatable bonds is 3. The summed E-state index contributed by atoms with van der Waals surface area (Å²) in [7, 11) is 0. The van der Waals surface area contributed by atoms with E-state index in [1.807, 2.05) is 0 Å². The Morgan fingerprint density at radius 3 is 2.50 bits per heavy atom. The first-order chi connectivity index (χ1) is 9.01. The number of carboxylic acid groups (broad SMARTS) is 1. The zero-order valence-electron chi connectivity index (χ0n) is 13.3. The molecule has 74 valence electrons. The number of benzene rings is 1. The molecule has 0 heterocycles. The third-order valence-corrected chi connectivity index (χ3v) is 1.16. The Balaban J connectivity index is 3.68. The molecule has 1 rings (SSSR count). The summed E-state index contributed by atoms with van der Waals surface area (Å²) in [6.45, 7) is 1.11. The van der Waals surface area contributed by atoms with E-state index in [9.17, 15) is 9.59 Å². The molecular formula is C10H11NO3. The van der Waals surface area contributed by atoms with Crippen molar-refractivity contribution >= 4 is 17.6 Å². The number of carboxylic acids is 1. The number of anilines is 1. The lowest BCUT2D eigenvalue weighted by Gasteiger charge is -2.02. The second-order valence-electron chi connectivity index (χ2n) is 2.36. The maximum Gasteiger partial charge on any atom is 0.307 e. The van der Waals surface area contributed by atoms with Crippen molar-refractivity contribution in [1.82, 2.24) is 0 Å². The first-order valence-corrected chi connectivity index (χ1v) is 3.63. The molecule has 1 amide bonds. The number of hydrogen-bond acceptors (Lipinski definition) is 2. The molecule has 0 spiro atoms. The number of amides is 1. The highest BCUT2D eigenvalue weighted by Gasteiger charge is 2.00. The van der Waals surface area contributed by atoms with Crippen LogP contribution in [0.5, 0.6) is 0 Å². The highest BCUT2D eigenvalue weighted by atomic mass is 16.4. The molecule has 4 nitrogen and oxygen atoms in total. The van der Waals surface area contributed by atoms with E-state index in [2.05, 4.69) is 5.32 Å². The smallest absolute Gasteiger partial charge is 0.307 e. The predicted octanol–water partition coefficient (Wildman–Crippen LogP) is 1.27. The van der Waals surface area contributed by atoms with Crippen LogP contribution < -0.4 is 5.32 Å². The Labute approximate surface area is 90.0 Å². The Morgan fingerprint density at radius 2 is 2.07 bits per heavy atom. The Morgan fingerprint density at radius 1 is 1.50 bits per heavy atom. The summed E-state index contributed by atoms with van der Waals surface area (Å²) in [6, 6.07) is -3.10. The van der Waals surface area contributed by atoms with Crippen molar-refractivity contribution in [3.8, 4) is 0 Å². The second-order valence-corrected chi connectivity index (χ2v) is 2.36. The van der Waals surface area contributed by atoms with E-state index in [0.29, 0.717) is 0 Å². The number of carbonyl (C=O) groups excluding carboxylic acids is 1. The van der Waals surface area contributed by atoms with Crippen LogP contribution in [0.3, 0.4) is 0 Å². The molecule has 4 heteroatoms. The SMILES string of the molecule is [2H]c1c([2H])c(C([2H])([2H])C(=O)O)c([2H])c([2H])c1NC(C)=O. The molecule has 2 N–H and O–H groups in total.